The lowest BCUT2D eigenvalue weighted by molar-refractivity contribution is 0.670. The van der Waals surface area contributed by atoms with Crippen molar-refractivity contribution in [2.24, 2.45) is 0 Å². The van der Waals surface area contributed by atoms with Crippen LogP contribution in [0.1, 0.15) is 67.8 Å². The molecule has 1 heterocycles. The largest absolute Gasteiger partial charge is 0.455 e. The summed E-state index contributed by atoms with van der Waals surface area (Å²) in [4.78, 5) is 0. The molecule has 0 aliphatic carbocycles. The summed E-state index contributed by atoms with van der Waals surface area (Å²) in [7, 11) is 0. The van der Waals surface area contributed by atoms with Crippen LogP contribution in [-0.4, -0.2) is 0 Å². The molecule has 12 rings (SSSR count). The molecular formula is C69H50O. The first-order valence-electron chi connectivity index (χ1n) is 24.3. The summed E-state index contributed by atoms with van der Waals surface area (Å²) in [5, 5.41) is 2.20. The molecule has 1 heteroatoms. The van der Waals surface area contributed by atoms with Crippen molar-refractivity contribution in [1.82, 2.24) is 0 Å². The smallest absolute Gasteiger partial charge is 0.143 e. The quantitative estimate of drug-likeness (QED) is 0.111. The Morgan fingerprint density at radius 2 is 0.500 bits per heavy atom. The van der Waals surface area contributed by atoms with Gasteiger partial charge in [0, 0.05) is 34.1 Å². The van der Waals surface area contributed by atoms with Gasteiger partial charge in [0.15, 0.2) is 0 Å². The van der Waals surface area contributed by atoms with Gasteiger partial charge in [-0.1, -0.05) is 261 Å². The molecule has 0 N–H and O–H groups in total. The third-order valence-electron chi connectivity index (χ3n) is 14.1. The second-order valence-electron chi connectivity index (χ2n) is 18.3. The van der Waals surface area contributed by atoms with Crippen molar-refractivity contribution in [3.63, 3.8) is 0 Å². The second-order valence-corrected chi connectivity index (χ2v) is 18.3. The number of benzene rings is 11. The Morgan fingerprint density at radius 3 is 0.857 bits per heavy atom. The van der Waals surface area contributed by atoms with Gasteiger partial charge in [0.25, 0.3) is 0 Å². The molecular weight excluding hydrogens is 845 g/mol. The average molecular weight is 895 g/mol. The van der Waals surface area contributed by atoms with E-state index in [-0.39, 0.29) is 17.8 Å². The van der Waals surface area contributed by atoms with Crippen LogP contribution in [0.5, 0.6) is 0 Å². The Bertz CT molecular complexity index is 3520. The monoisotopic (exact) mass is 894 g/mol. The standard InChI is InChI=1S/C69H50O/c1-7-19-51(20-8-1)66(52-21-9-2-10-22-52)57-37-31-48(32-38-57)60-43-44-65-63(45-60)64-47-61(49-33-39-58(40-34-49)67(53-23-11-3-12-24-53)54-25-13-4-14-26-54)46-62(69(64)70-65)50-35-41-59(42-36-50)68(55-27-15-5-16-28-55)56-29-17-6-18-30-56/h1-47,66-68H. The molecule has 0 bridgehead atoms. The van der Waals surface area contributed by atoms with Gasteiger partial charge in [0.1, 0.15) is 11.2 Å². The predicted molar refractivity (Wildman–Crippen MR) is 292 cm³/mol. The van der Waals surface area contributed by atoms with Gasteiger partial charge in [-0.3, -0.25) is 0 Å². The van der Waals surface area contributed by atoms with Crippen LogP contribution < -0.4 is 0 Å². The minimum Gasteiger partial charge on any atom is -0.455 e. The summed E-state index contributed by atoms with van der Waals surface area (Å²) >= 11 is 0. The highest BCUT2D eigenvalue weighted by molar-refractivity contribution is 6.12. The van der Waals surface area contributed by atoms with Crippen molar-refractivity contribution < 1.29 is 4.42 Å². The van der Waals surface area contributed by atoms with Gasteiger partial charge in [0.2, 0.25) is 0 Å². The maximum Gasteiger partial charge on any atom is 0.143 e. The van der Waals surface area contributed by atoms with Gasteiger partial charge in [-0.2, -0.15) is 0 Å². The first kappa shape index (κ1) is 42.6. The molecule has 0 spiro atoms. The number of fused-ring (bicyclic) bond motifs is 3. The molecule has 12 aromatic rings. The molecule has 0 aliphatic heterocycles. The Kier molecular flexibility index (Phi) is 11.6. The summed E-state index contributed by atoms with van der Waals surface area (Å²) in [5.74, 6) is 0.372. The van der Waals surface area contributed by atoms with E-state index in [1.54, 1.807) is 0 Å². The summed E-state index contributed by atoms with van der Waals surface area (Å²) in [5.41, 5.74) is 20.0. The van der Waals surface area contributed by atoms with Gasteiger partial charge in [-0.05, 0) is 102 Å². The van der Waals surface area contributed by atoms with Crippen LogP contribution in [0.15, 0.2) is 290 Å². The average Bonchev–Trinajstić information content (AvgIpc) is 3.81. The van der Waals surface area contributed by atoms with Crippen molar-refractivity contribution in [2.45, 2.75) is 17.8 Å². The van der Waals surface area contributed by atoms with Crippen LogP contribution in [0.4, 0.5) is 0 Å². The maximum absolute atomic E-state index is 6.93. The Hall–Kier alpha value is -8.78. The fourth-order valence-corrected chi connectivity index (χ4v) is 10.6. The van der Waals surface area contributed by atoms with E-state index in [9.17, 15) is 0 Å². The molecule has 70 heavy (non-hydrogen) atoms. The summed E-state index contributed by atoms with van der Waals surface area (Å²) in [6.07, 6.45) is 0. The topological polar surface area (TPSA) is 13.1 Å². The molecule has 0 aliphatic rings. The van der Waals surface area contributed by atoms with Gasteiger partial charge < -0.3 is 4.42 Å². The lowest BCUT2D eigenvalue weighted by Crippen LogP contribution is -2.03. The number of hydrogen-bond acceptors (Lipinski definition) is 1. The SMILES string of the molecule is c1ccc(C(c2ccccc2)c2ccc(-c3ccc4oc5c(-c6ccc(C(c7ccccc7)c7ccccc7)cc6)cc(-c6ccc(C(c7ccccc7)c7ccccc7)cc6)cc5c4c3)cc2)cc1. The first-order chi connectivity index (χ1) is 34.7. The number of rotatable bonds is 12. The minimum absolute atomic E-state index is 0.109. The van der Waals surface area contributed by atoms with Crippen molar-refractivity contribution in [3.8, 4) is 33.4 Å². The van der Waals surface area contributed by atoms with Crippen LogP contribution >= 0.6 is 0 Å². The van der Waals surface area contributed by atoms with Crippen molar-refractivity contribution in [1.29, 1.82) is 0 Å². The van der Waals surface area contributed by atoms with E-state index in [2.05, 4.69) is 285 Å². The zero-order valence-corrected chi connectivity index (χ0v) is 38.8. The summed E-state index contributed by atoms with van der Waals surface area (Å²) < 4.78 is 6.93. The highest BCUT2D eigenvalue weighted by Gasteiger charge is 2.22. The molecule has 0 fully saturated rings. The van der Waals surface area contributed by atoms with Gasteiger partial charge in [-0.25, -0.2) is 0 Å². The fourth-order valence-electron chi connectivity index (χ4n) is 10.6. The molecule has 1 aromatic heterocycles. The molecule has 0 saturated carbocycles. The fraction of sp³-hybridized carbons (Fsp3) is 0.0435. The lowest BCUT2D eigenvalue weighted by Gasteiger charge is -2.20. The number of hydrogen-bond donors (Lipinski definition) is 0. The van der Waals surface area contributed by atoms with Gasteiger partial charge in [-0.15, -0.1) is 0 Å². The number of furan rings is 1. The van der Waals surface area contributed by atoms with E-state index < -0.39 is 0 Å². The lowest BCUT2D eigenvalue weighted by atomic mass is 9.84. The van der Waals surface area contributed by atoms with E-state index in [1.807, 2.05) is 0 Å². The maximum atomic E-state index is 6.93. The van der Waals surface area contributed by atoms with Crippen LogP contribution in [-0.2, 0) is 0 Å². The van der Waals surface area contributed by atoms with Gasteiger partial charge in [0.05, 0.1) is 0 Å². The molecule has 11 aromatic carbocycles. The van der Waals surface area contributed by atoms with E-state index in [1.165, 1.54) is 55.6 Å². The zero-order chi connectivity index (χ0) is 46.6. The van der Waals surface area contributed by atoms with E-state index in [0.29, 0.717) is 0 Å². The molecule has 0 radical (unpaired) electrons. The Labute approximate surface area is 410 Å². The Morgan fingerprint density at radius 1 is 0.214 bits per heavy atom. The van der Waals surface area contributed by atoms with E-state index in [4.69, 9.17) is 4.42 Å². The summed E-state index contributed by atoms with van der Waals surface area (Å²) in [6.45, 7) is 0. The minimum atomic E-state index is 0.109. The van der Waals surface area contributed by atoms with Crippen LogP contribution in [0.25, 0.3) is 55.3 Å². The molecule has 0 atom stereocenters. The second kappa shape index (κ2) is 19.1. The molecule has 1 nitrogen and oxygen atoms in total. The van der Waals surface area contributed by atoms with Crippen molar-refractivity contribution in [2.75, 3.05) is 0 Å². The summed E-state index contributed by atoms with van der Waals surface area (Å²) in [6, 6.07) is 104. The predicted octanol–water partition coefficient (Wildman–Crippen LogP) is 18.1. The third-order valence-corrected chi connectivity index (χ3v) is 14.1. The zero-order valence-electron chi connectivity index (χ0n) is 38.8. The highest BCUT2D eigenvalue weighted by Crippen LogP contribution is 2.43. The molecule has 0 amide bonds. The van der Waals surface area contributed by atoms with Crippen molar-refractivity contribution in [3.05, 3.63) is 335 Å². The molecule has 0 saturated heterocycles. The van der Waals surface area contributed by atoms with Crippen LogP contribution in [0, 0.1) is 0 Å². The van der Waals surface area contributed by atoms with E-state index >= 15 is 0 Å². The molecule has 0 unspecified atom stereocenters. The van der Waals surface area contributed by atoms with Crippen LogP contribution in [0.2, 0.25) is 0 Å². The van der Waals surface area contributed by atoms with E-state index in [0.717, 1.165) is 49.8 Å². The van der Waals surface area contributed by atoms with Crippen LogP contribution in [0.3, 0.4) is 0 Å². The first-order valence-corrected chi connectivity index (χ1v) is 24.3. The Balaban J connectivity index is 0.967. The highest BCUT2D eigenvalue weighted by atomic mass is 16.3. The van der Waals surface area contributed by atoms with Gasteiger partial charge >= 0.3 is 0 Å². The van der Waals surface area contributed by atoms with Crippen molar-refractivity contribution >= 4 is 21.9 Å². The third kappa shape index (κ3) is 8.44. The normalized spacial score (nSPS) is 11.5. The molecule has 332 valence electrons.